The van der Waals surface area contributed by atoms with Crippen molar-refractivity contribution in [3.05, 3.63) is 34.9 Å². The molecule has 0 aliphatic heterocycles. The molecule has 2 aliphatic carbocycles. The molecular weight excluding hydrogens is 320 g/mol. The minimum absolute atomic E-state index is 0.0334. The van der Waals surface area contributed by atoms with Crippen molar-refractivity contribution in [2.24, 2.45) is 5.73 Å². The highest BCUT2D eigenvalue weighted by molar-refractivity contribution is 5.37. The van der Waals surface area contributed by atoms with E-state index in [1.165, 1.54) is 29.5 Å². The van der Waals surface area contributed by atoms with Crippen LogP contribution in [0.2, 0.25) is 0 Å². The van der Waals surface area contributed by atoms with Gasteiger partial charge < -0.3 is 16.4 Å². The second kappa shape index (κ2) is 8.56. The molecule has 5 heteroatoms. The van der Waals surface area contributed by atoms with E-state index in [-0.39, 0.29) is 18.9 Å². The molecule has 0 saturated heterocycles. The van der Waals surface area contributed by atoms with E-state index >= 15 is 0 Å². The van der Waals surface area contributed by atoms with Crippen LogP contribution in [0.4, 0.5) is 8.78 Å². The summed E-state index contributed by atoms with van der Waals surface area (Å²) in [5.41, 5.74) is 9.83. The standard InChI is InChI=1S/C20H31F2N3/c21-20(22)8-6-18(7-9-20)25-11-1-10-24-14-17-3-2-15(13-23)12-19(17)16-4-5-16/h2-3,12,16,18,24-25H,1,4-11,13-14,23H2. The molecule has 0 radical (unpaired) electrons. The quantitative estimate of drug-likeness (QED) is 0.595. The summed E-state index contributed by atoms with van der Waals surface area (Å²) in [7, 11) is 0. The van der Waals surface area contributed by atoms with Crippen LogP contribution in [0.15, 0.2) is 18.2 Å². The molecule has 1 aromatic rings. The summed E-state index contributed by atoms with van der Waals surface area (Å²) in [5.74, 6) is -1.70. The van der Waals surface area contributed by atoms with Gasteiger partial charge in [-0.3, -0.25) is 0 Å². The third-order valence-corrected chi connectivity index (χ3v) is 5.46. The maximum atomic E-state index is 13.1. The number of nitrogens with one attached hydrogen (secondary N) is 2. The molecule has 0 bridgehead atoms. The average molecular weight is 351 g/mol. The zero-order chi connectivity index (χ0) is 17.7. The summed E-state index contributed by atoms with van der Waals surface area (Å²) < 4.78 is 26.2. The Labute approximate surface area is 149 Å². The Morgan fingerprint density at radius 3 is 2.52 bits per heavy atom. The summed E-state index contributed by atoms with van der Waals surface area (Å²) in [5, 5.41) is 6.95. The van der Waals surface area contributed by atoms with Crippen LogP contribution in [-0.4, -0.2) is 25.1 Å². The minimum Gasteiger partial charge on any atom is -0.326 e. The monoisotopic (exact) mass is 351 g/mol. The van der Waals surface area contributed by atoms with E-state index in [1.54, 1.807) is 0 Å². The van der Waals surface area contributed by atoms with Gasteiger partial charge in [0.2, 0.25) is 5.92 Å². The summed E-state index contributed by atoms with van der Waals surface area (Å²) >= 11 is 0. The van der Waals surface area contributed by atoms with Crippen molar-refractivity contribution in [2.45, 2.75) is 75.9 Å². The fourth-order valence-corrected chi connectivity index (χ4v) is 3.69. The fraction of sp³-hybridized carbons (Fsp3) is 0.700. The molecular formula is C20H31F2N3. The predicted molar refractivity (Wildman–Crippen MR) is 97.8 cm³/mol. The third kappa shape index (κ3) is 5.73. The zero-order valence-electron chi connectivity index (χ0n) is 15.0. The number of rotatable bonds is 9. The van der Waals surface area contributed by atoms with Crippen LogP contribution in [0.25, 0.3) is 0 Å². The van der Waals surface area contributed by atoms with Crippen LogP contribution in [-0.2, 0) is 13.1 Å². The maximum absolute atomic E-state index is 13.1. The SMILES string of the molecule is NCc1ccc(CNCCCNC2CCC(F)(F)CC2)c(C2CC2)c1. The van der Waals surface area contributed by atoms with Gasteiger partial charge in [-0.25, -0.2) is 8.78 Å². The van der Waals surface area contributed by atoms with Crippen LogP contribution >= 0.6 is 0 Å². The van der Waals surface area contributed by atoms with E-state index in [1.807, 2.05) is 0 Å². The van der Waals surface area contributed by atoms with Crippen LogP contribution in [0.5, 0.6) is 0 Å². The third-order valence-electron chi connectivity index (χ3n) is 5.46. The Bertz CT molecular complexity index is 548. The molecule has 140 valence electrons. The second-order valence-electron chi connectivity index (χ2n) is 7.63. The summed E-state index contributed by atoms with van der Waals surface area (Å²) in [4.78, 5) is 0. The van der Waals surface area contributed by atoms with Gasteiger partial charge in [0.1, 0.15) is 0 Å². The first-order valence-electron chi connectivity index (χ1n) is 9.71. The van der Waals surface area contributed by atoms with E-state index in [0.717, 1.165) is 32.0 Å². The first-order chi connectivity index (χ1) is 12.1. The molecule has 2 saturated carbocycles. The van der Waals surface area contributed by atoms with E-state index in [2.05, 4.69) is 28.8 Å². The van der Waals surface area contributed by atoms with Crippen LogP contribution in [0.3, 0.4) is 0 Å². The van der Waals surface area contributed by atoms with E-state index < -0.39 is 5.92 Å². The lowest BCUT2D eigenvalue weighted by molar-refractivity contribution is -0.0403. The Balaban J connectivity index is 1.33. The van der Waals surface area contributed by atoms with Crippen molar-refractivity contribution < 1.29 is 8.78 Å². The predicted octanol–water partition coefficient (Wildman–Crippen LogP) is 3.67. The number of halogens is 2. The molecule has 3 nitrogen and oxygen atoms in total. The lowest BCUT2D eigenvalue weighted by Crippen LogP contribution is -2.38. The lowest BCUT2D eigenvalue weighted by atomic mass is 9.92. The minimum atomic E-state index is -2.43. The molecule has 4 N–H and O–H groups in total. The van der Waals surface area contributed by atoms with Gasteiger partial charge in [-0.05, 0) is 67.8 Å². The number of benzene rings is 1. The molecule has 2 fully saturated rings. The van der Waals surface area contributed by atoms with Crippen LogP contribution in [0.1, 0.15) is 67.6 Å². The lowest BCUT2D eigenvalue weighted by Gasteiger charge is -2.28. The molecule has 2 aliphatic rings. The topological polar surface area (TPSA) is 50.1 Å². The van der Waals surface area contributed by atoms with Gasteiger partial charge >= 0.3 is 0 Å². The van der Waals surface area contributed by atoms with Crippen LogP contribution < -0.4 is 16.4 Å². The summed E-state index contributed by atoms with van der Waals surface area (Å²) in [6.07, 6.45) is 4.87. The highest BCUT2D eigenvalue weighted by Crippen LogP contribution is 2.42. The molecule has 0 atom stereocenters. The molecule has 0 unspecified atom stereocenters. The summed E-state index contributed by atoms with van der Waals surface area (Å²) in [6.45, 7) is 3.34. The van der Waals surface area contributed by atoms with Gasteiger partial charge in [0.15, 0.2) is 0 Å². The number of hydrogen-bond donors (Lipinski definition) is 3. The highest BCUT2D eigenvalue weighted by Gasteiger charge is 2.34. The molecule has 0 spiro atoms. The van der Waals surface area contributed by atoms with E-state index in [0.29, 0.717) is 19.4 Å². The Kier molecular flexibility index (Phi) is 6.42. The molecule has 3 rings (SSSR count). The normalized spacial score (nSPS) is 20.8. The van der Waals surface area contributed by atoms with Gasteiger partial charge in [0, 0.05) is 32.0 Å². The van der Waals surface area contributed by atoms with Gasteiger partial charge in [0.25, 0.3) is 0 Å². The van der Waals surface area contributed by atoms with Crippen molar-refractivity contribution in [3.8, 4) is 0 Å². The fourth-order valence-electron chi connectivity index (χ4n) is 3.69. The average Bonchev–Trinajstić information content (AvgIpc) is 3.44. The van der Waals surface area contributed by atoms with Crippen molar-refractivity contribution >= 4 is 0 Å². The van der Waals surface area contributed by atoms with Crippen molar-refractivity contribution in [1.82, 2.24) is 10.6 Å². The van der Waals surface area contributed by atoms with Crippen LogP contribution in [0, 0.1) is 0 Å². The largest absolute Gasteiger partial charge is 0.326 e. The number of nitrogens with two attached hydrogens (primary N) is 1. The smallest absolute Gasteiger partial charge is 0.248 e. The Morgan fingerprint density at radius 1 is 1.08 bits per heavy atom. The summed E-state index contributed by atoms with van der Waals surface area (Å²) in [6, 6.07) is 6.88. The zero-order valence-corrected chi connectivity index (χ0v) is 15.0. The van der Waals surface area contributed by atoms with E-state index in [4.69, 9.17) is 5.73 Å². The number of hydrogen-bond acceptors (Lipinski definition) is 3. The molecule has 25 heavy (non-hydrogen) atoms. The Hall–Kier alpha value is -1.04. The first-order valence-corrected chi connectivity index (χ1v) is 9.71. The van der Waals surface area contributed by atoms with E-state index in [9.17, 15) is 8.78 Å². The Morgan fingerprint density at radius 2 is 1.84 bits per heavy atom. The number of alkyl halides is 2. The molecule has 0 heterocycles. The second-order valence-corrected chi connectivity index (χ2v) is 7.63. The highest BCUT2D eigenvalue weighted by atomic mass is 19.3. The molecule has 0 amide bonds. The van der Waals surface area contributed by atoms with Crippen molar-refractivity contribution in [2.75, 3.05) is 13.1 Å². The van der Waals surface area contributed by atoms with Gasteiger partial charge in [-0.1, -0.05) is 18.2 Å². The molecule has 0 aromatic heterocycles. The maximum Gasteiger partial charge on any atom is 0.248 e. The van der Waals surface area contributed by atoms with Gasteiger partial charge in [-0.15, -0.1) is 0 Å². The first kappa shape index (κ1) is 18.7. The van der Waals surface area contributed by atoms with Gasteiger partial charge in [0.05, 0.1) is 0 Å². The van der Waals surface area contributed by atoms with Gasteiger partial charge in [-0.2, -0.15) is 0 Å². The van der Waals surface area contributed by atoms with Crippen molar-refractivity contribution in [1.29, 1.82) is 0 Å². The molecule has 1 aromatic carbocycles. The van der Waals surface area contributed by atoms with Crippen molar-refractivity contribution in [3.63, 3.8) is 0 Å².